The van der Waals surface area contributed by atoms with Gasteiger partial charge in [-0.25, -0.2) is 4.79 Å². The summed E-state index contributed by atoms with van der Waals surface area (Å²) in [6, 6.07) is -0.663. The van der Waals surface area contributed by atoms with Gasteiger partial charge in [-0.3, -0.25) is 4.79 Å². The molecule has 0 aliphatic rings. The van der Waals surface area contributed by atoms with E-state index in [9.17, 15) is 14.7 Å². The van der Waals surface area contributed by atoms with Crippen LogP contribution >= 0.6 is 0 Å². The molecule has 0 aromatic rings. The van der Waals surface area contributed by atoms with Crippen molar-refractivity contribution in [2.24, 2.45) is 11.8 Å². The Morgan fingerprint density at radius 2 is 1.86 bits per heavy atom. The van der Waals surface area contributed by atoms with Gasteiger partial charge in [-0.2, -0.15) is 4.58 Å². The van der Waals surface area contributed by atoms with Crippen LogP contribution < -0.4 is 5.32 Å². The molecule has 5 nitrogen and oxygen atoms in total. The van der Waals surface area contributed by atoms with Gasteiger partial charge in [0.25, 0.3) is 0 Å². The second kappa shape index (κ2) is 10.6. The van der Waals surface area contributed by atoms with Gasteiger partial charge in [0.2, 0.25) is 0 Å². The van der Waals surface area contributed by atoms with Crippen molar-refractivity contribution < 1.29 is 19.3 Å². The van der Waals surface area contributed by atoms with Gasteiger partial charge in [-0.15, -0.1) is 0 Å². The molecule has 0 saturated carbocycles. The van der Waals surface area contributed by atoms with Crippen LogP contribution in [-0.2, 0) is 9.59 Å². The van der Waals surface area contributed by atoms with E-state index in [1.165, 1.54) is 4.58 Å². The largest absolute Gasteiger partial charge is 0.389 e. The average Bonchev–Trinajstić information content (AvgIpc) is 2.47. The predicted molar refractivity (Wildman–Crippen MR) is 89.3 cm³/mol. The third kappa shape index (κ3) is 7.27. The zero-order chi connectivity index (χ0) is 17.3. The van der Waals surface area contributed by atoms with Crippen LogP contribution in [0.1, 0.15) is 53.9 Å². The Morgan fingerprint density at radius 1 is 1.27 bits per heavy atom. The lowest BCUT2D eigenvalue weighted by molar-refractivity contribution is -0.483. The second-order valence-corrected chi connectivity index (χ2v) is 6.51. The SMILES string of the molecule is C=[N+](C(=O)CCC(C)C)C(CO)CNC(C(C)=O)C(C)CC. The average molecular weight is 313 g/mol. The summed E-state index contributed by atoms with van der Waals surface area (Å²) in [5.41, 5.74) is 0. The number of nitrogens with one attached hydrogen (secondary N) is 1. The van der Waals surface area contributed by atoms with Crippen molar-refractivity contribution in [2.75, 3.05) is 13.2 Å². The zero-order valence-corrected chi connectivity index (χ0v) is 14.8. The minimum atomic E-state index is -0.412. The number of hydrogen-bond donors (Lipinski definition) is 2. The number of ketones is 1. The molecular formula is C17H33N2O3+. The fraction of sp³-hybridized carbons (Fsp3) is 0.824. The molecule has 2 N–H and O–H groups in total. The highest BCUT2D eigenvalue weighted by atomic mass is 16.3. The molecule has 0 saturated heterocycles. The highest BCUT2D eigenvalue weighted by molar-refractivity contribution is 5.81. The molecule has 0 aromatic carbocycles. The van der Waals surface area contributed by atoms with Gasteiger partial charge in [0.05, 0.1) is 19.0 Å². The molecule has 0 aliphatic carbocycles. The molecular weight excluding hydrogens is 280 g/mol. The first-order valence-corrected chi connectivity index (χ1v) is 8.21. The van der Waals surface area contributed by atoms with Crippen molar-refractivity contribution in [1.82, 2.24) is 5.32 Å². The van der Waals surface area contributed by atoms with Crippen LogP contribution in [0.15, 0.2) is 0 Å². The molecule has 5 heteroatoms. The van der Waals surface area contributed by atoms with Crippen LogP contribution in [0.2, 0.25) is 0 Å². The Balaban J connectivity index is 4.60. The van der Waals surface area contributed by atoms with Gasteiger partial charge in [0.15, 0.2) is 6.04 Å². The van der Waals surface area contributed by atoms with E-state index < -0.39 is 6.04 Å². The third-order valence-corrected chi connectivity index (χ3v) is 4.13. The number of aliphatic hydroxyl groups is 1. The molecule has 128 valence electrons. The van der Waals surface area contributed by atoms with Crippen molar-refractivity contribution in [3.8, 4) is 0 Å². The summed E-state index contributed by atoms with van der Waals surface area (Å²) in [6.45, 7) is 13.7. The molecule has 3 unspecified atom stereocenters. The Kier molecular flexibility index (Phi) is 10.1. The quantitative estimate of drug-likeness (QED) is 0.449. The van der Waals surface area contributed by atoms with E-state index in [0.717, 1.165) is 12.8 Å². The number of rotatable bonds is 11. The van der Waals surface area contributed by atoms with Gasteiger partial charge in [-0.05, 0) is 25.2 Å². The molecule has 0 aliphatic heterocycles. The van der Waals surface area contributed by atoms with Crippen LogP contribution in [0.5, 0.6) is 0 Å². The summed E-state index contributed by atoms with van der Waals surface area (Å²) >= 11 is 0. The topological polar surface area (TPSA) is 69.4 Å². The molecule has 0 radical (unpaired) electrons. The molecule has 0 aromatic heterocycles. The van der Waals surface area contributed by atoms with Crippen LogP contribution in [0.4, 0.5) is 0 Å². The lowest BCUT2D eigenvalue weighted by Crippen LogP contribution is -2.48. The van der Waals surface area contributed by atoms with Crippen LogP contribution in [0.3, 0.4) is 0 Å². The maximum Gasteiger partial charge on any atom is 0.386 e. The number of carbonyl (C=O) groups is 2. The minimum Gasteiger partial charge on any atom is -0.389 e. The summed E-state index contributed by atoms with van der Waals surface area (Å²) < 4.78 is 1.35. The standard InChI is InChI=1S/C17H33N2O3/c1-7-13(4)17(14(5)21)18-10-15(11-20)19(6)16(22)9-8-12(2)3/h12-13,15,17-18,20H,6-11H2,1-5H3/q+1. The van der Waals surface area contributed by atoms with E-state index in [2.05, 4.69) is 25.9 Å². The molecule has 0 heterocycles. The third-order valence-electron chi connectivity index (χ3n) is 4.13. The molecule has 1 amide bonds. The fourth-order valence-corrected chi connectivity index (χ4v) is 2.28. The molecule has 0 fully saturated rings. The van der Waals surface area contributed by atoms with Gasteiger partial charge < -0.3 is 10.4 Å². The van der Waals surface area contributed by atoms with Crippen molar-refractivity contribution in [3.05, 3.63) is 0 Å². The molecule has 22 heavy (non-hydrogen) atoms. The molecule has 3 atom stereocenters. The first-order valence-electron chi connectivity index (χ1n) is 8.21. The first kappa shape index (κ1) is 20.9. The summed E-state index contributed by atoms with van der Waals surface area (Å²) in [6.07, 6.45) is 2.13. The Bertz CT molecular complexity index is 380. The maximum atomic E-state index is 12.1. The Morgan fingerprint density at radius 3 is 2.27 bits per heavy atom. The van der Waals surface area contributed by atoms with E-state index in [0.29, 0.717) is 18.9 Å². The van der Waals surface area contributed by atoms with Crippen LogP contribution in [0, 0.1) is 11.8 Å². The monoisotopic (exact) mass is 313 g/mol. The normalized spacial score (nSPS) is 15.4. The number of Topliss-reactive ketones (excluding diaryl/α,β-unsaturated/α-hetero) is 1. The highest BCUT2D eigenvalue weighted by Crippen LogP contribution is 2.09. The van der Waals surface area contributed by atoms with Crippen LogP contribution in [-0.4, -0.2) is 53.3 Å². The lowest BCUT2D eigenvalue weighted by atomic mass is 9.96. The van der Waals surface area contributed by atoms with Gasteiger partial charge >= 0.3 is 5.91 Å². The van der Waals surface area contributed by atoms with Crippen molar-refractivity contribution in [2.45, 2.75) is 66.0 Å². The number of hydrogen-bond acceptors (Lipinski definition) is 4. The molecule has 0 rings (SSSR count). The van der Waals surface area contributed by atoms with Crippen molar-refractivity contribution >= 4 is 18.4 Å². The van der Waals surface area contributed by atoms with E-state index in [1.807, 2.05) is 13.8 Å². The summed E-state index contributed by atoms with van der Waals surface area (Å²) in [5, 5.41) is 12.7. The van der Waals surface area contributed by atoms with Crippen LogP contribution in [0.25, 0.3) is 0 Å². The van der Waals surface area contributed by atoms with E-state index in [-0.39, 0.29) is 30.3 Å². The maximum absolute atomic E-state index is 12.1. The number of aliphatic hydroxyl groups excluding tert-OH is 1. The molecule has 0 spiro atoms. The molecule has 0 bridgehead atoms. The van der Waals surface area contributed by atoms with Crippen molar-refractivity contribution in [1.29, 1.82) is 0 Å². The minimum absolute atomic E-state index is 0.0718. The van der Waals surface area contributed by atoms with Gasteiger partial charge in [-0.1, -0.05) is 34.1 Å². The predicted octanol–water partition coefficient (Wildman–Crippen LogP) is 1.62. The number of nitrogens with zero attached hydrogens (tertiary/aromatic N) is 1. The Labute approximate surface area is 134 Å². The lowest BCUT2D eigenvalue weighted by Gasteiger charge is -2.23. The smallest absolute Gasteiger partial charge is 0.386 e. The van der Waals surface area contributed by atoms with Crippen molar-refractivity contribution in [3.63, 3.8) is 0 Å². The summed E-state index contributed by atoms with van der Waals surface area (Å²) in [4.78, 5) is 23.8. The Hall–Kier alpha value is -1.07. The van der Waals surface area contributed by atoms with E-state index >= 15 is 0 Å². The second-order valence-electron chi connectivity index (χ2n) is 6.51. The highest BCUT2D eigenvalue weighted by Gasteiger charge is 2.28. The zero-order valence-electron chi connectivity index (χ0n) is 14.8. The first-order chi connectivity index (χ1) is 10.2. The van der Waals surface area contributed by atoms with E-state index in [4.69, 9.17) is 0 Å². The summed E-state index contributed by atoms with van der Waals surface area (Å²) in [5.74, 6) is 0.674. The fourth-order valence-electron chi connectivity index (χ4n) is 2.28. The number of amides is 1. The number of carbonyl (C=O) groups excluding carboxylic acids is 2. The summed E-state index contributed by atoms with van der Waals surface area (Å²) in [7, 11) is 0. The van der Waals surface area contributed by atoms with E-state index in [1.54, 1.807) is 6.92 Å². The van der Waals surface area contributed by atoms with Gasteiger partial charge in [0.1, 0.15) is 19.1 Å². The van der Waals surface area contributed by atoms with Gasteiger partial charge in [0, 0.05) is 0 Å².